The van der Waals surface area contributed by atoms with Crippen LogP contribution >= 0.6 is 0 Å². The highest BCUT2D eigenvalue weighted by molar-refractivity contribution is 6.05. The number of carbonyl (C=O) groups excluding carboxylic acids is 1. The van der Waals surface area contributed by atoms with Crippen molar-refractivity contribution in [1.29, 1.82) is 0 Å². The Balaban J connectivity index is 1.92. The van der Waals surface area contributed by atoms with Gasteiger partial charge in [0.15, 0.2) is 0 Å². The van der Waals surface area contributed by atoms with Crippen molar-refractivity contribution in [3.05, 3.63) is 72.2 Å². The summed E-state index contributed by atoms with van der Waals surface area (Å²) in [7, 11) is 1.61. The van der Waals surface area contributed by atoms with E-state index in [1.807, 2.05) is 61.5 Å². The normalized spacial score (nSPS) is 10.3. The quantitative estimate of drug-likeness (QED) is 0.712. The zero-order chi connectivity index (χ0) is 19.2. The van der Waals surface area contributed by atoms with Gasteiger partial charge in [0.1, 0.15) is 23.1 Å². The zero-order valence-electron chi connectivity index (χ0n) is 15.6. The molecule has 2 aromatic carbocycles. The molecule has 0 aliphatic rings. The van der Waals surface area contributed by atoms with Gasteiger partial charge in [-0.15, -0.1) is 0 Å². The van der Waals surface area contributed by atoms with E-state index in [0.29, 0.717) is 29.6 Å². The van der Waals surface area contributed by atoms with Crippen LogP contribution in [0.15, 0.2) is 60.7 Å². The van der Waals surface area contributed by atoms with Crippen LogP contribution in [0.2, 0.25) is 0 Å². The minimum absolute atomic E-state index is 0.169. The van der Waals surface area contributed by atoms with Gasteiger partial charge < -0.3 is 15.0 Å². The first-order valence-corrected chi connectivity index (χ1v) is 8.75. The number of hydrogen-bond acceptors (Lipinski definition) is 5. The average molecular weight is 362 g/mol. The van der Waals surface area contributed by atoms with Crippen molar-refractivity contribution >= 4 is 23.1 Å². The van der Waals surface area contributed by atoms with E-state index in [-0.39, 0.29) is 5.91 Å². The van der Waals surface area contributed by atoms with E-state index in [0.717, 1.165) is 11.4 Å². The molecule has 6 heteroatoms. The highest BCUT2D eigenvalue weighted by atomic mass is 16.5. The third-order valence-electron chi connectivity index (χ3n) is 4.06. The number of anilines is 3. The Kier molecular flexibility index (Phi) is 5.66. The highest BCUT2D eigenvalue weighted by Crippen LogP contribution is 2.26. The Morgan fingerprint density at radius 2 is 1.78 bits per heavy atom. The highest BCUT2D eigenvalue weighted by Gasteiger charge is 2.19. The van der Waals surface area contributed by atoms with Crippen LogP contribution in [0.4, 0.5) is 17.2 Å². The second-order valence-corrected chi connectivity index (χ2v) is 5.90. The first-order chi connectivity index (χ1) is 13.1. The lowest BCUT2D eigenvalue weighted by Crippen LogP contribution is -2.31. The molecule has 0 radical (unpaired) electrons. The van der Waals surface area contributed by atoms with Crippen LogP contribution in [0, 0.1) is 6.92 Å². The van der Waals surface area contributed by atoms with Gasteiger partial charge >= 0.3 is 0 Å². The number of aryl methyl sites for hydroxylation is 1. The van der Waals surface area contributed by atoms with Crippen molar-refractivity contribution in [1.82, 2.24) is 9.97 Å². The van der Waals surface area contributed by atoms with Gasteiger partial charge in [-0.1, -0.05) is 30.3 Å². The van der Waals surface area contributed by atoms with Crippen LogP contribution in [0.3, 0.4) is 0 Å². The molecule has 1 amide bonds. The number of hydrogen-bond donors (Lipinski definition) is 1. The maximum absolute atomic E-state index is 13.0. The smallest absolute Gasteiger partial charge is 0.277 e. The molecule has 0 saturated heterocycles. The fraction of sp³-hybridized carbons (Fsp3) is 0.190. The molecule has 1 N–H and O–H groups in total. The topological polar surface area (TPSA) is 67.4 Å². The lowest BCUT2D eigenvalue weighted by Gasteiger charge is -2.21. The molecule has 0 spiro atoms. The summed E-state index contributed by atoms with van der Waals surface area (Å²) in [5, 5.41) is 3.21. The van der Waals surface area contributed by atoms with Gasteiger partial charge in [-0.2, -0.15) is 0 Å². The maximum atomic E-state index is 13.0. The fourth-order valence-electron chi connectivity index (χ4n) is 2.82. The number of aromatic nitrogens is 2. The first-order valence-electron chi connectivity index (χ1n) is 8.75. The molecule has 0 atom stereocenters. The van der Waals surface area contributed by atoms with E-state index < -0.39 is 0 Å². The summed E-state index contributed by atoms with van der Waals surface area (Å²) in [6.07, 6.45) is 0. The third-order valence-corrected chi connectivity index (χ3v) is 4.06. The largest absolute Gasteiger partial charge is 0.495 e. The molecule has 0 saturated carbocycles. The number of rotatable bonds is 6. The summed E-state index contributed by atoms with van der Waals surface area (Å²) in [5.74, 6) is 1.58. The summed E-state index contributed by atoms with van der Waals surface area (Å²) < 4.78 is 5.36. The molecule has 0 fully saturated rings. The van der Waals surface area contributed by atoms with Crippen molar-refractivity contribution in [2.75, 3.05) is 23.9 Å². The van der Waals surface area contributed by atoms with Crippen molar-refractivity contribution < 1.29 is 9.53 Å². The monoisotopic (exact) mass is 362 g/mol. The first kappa shape index (κ1) is 18.4. The number of para-hydroxylation sites is 3. The standard InChI is InChI=1S/C21H22N4O2/c1-4-25(16-10-6-5-7-11-16)21(26)18-14-20(23-15(2)22-18)24-17-12-8-9-13-19(17)27-3/h5-14H,4H2,1-3H3,(H,22,23,24). The average Bonchev–Trinajstić information content (AvgIpc) is 2.69. The molecule has 1 heterocycles. The van der Waals surface area contributed by atoms with Crippen LogP contribution in [0.25, 0.3) is 0 Å². The molecular formula is C21H22N4O2. The SMILES string of the molecule is CCN(C(=O)c1cc(Nc2ccccc2OC)nc(C)n1)c1ccccc1. The lowest BCUT2D eigenvalue weighted by atomic mass is 10.2. The number of nitrogens with one attached hydrogen (secondary N) is 1. The molecule has 0 aliphatic carbocycles. The molecule has 27 heavy (non-hydrogen) atoms. The maximum Gasteiger partial charge on any atom is 0.277 e. The summed E-state index contributed by atoms with van der Waals surface area (Å²) in [6.45, 7) is 4.25. The van der Waals surface area contributed by atoms with Gasteiger partial charge in [-0.25, -0.2) is 9.97 Å². The van der Waals surface area contributed by atoms with Gasteiger partial charge in [0.2, 0.25) is 0 Å². The van der Waals surface area contributed by atoms with E-state index >= 15 is 0 Å². The number of amides is 1. The predicted molar refractivity (Wildman–Crippen MR) is 107 cm³/mol. The van der Waals surface area contributed by atoms with E-state index in [1.54, 1.807) is 25.0 Å². The van der Waals surface area contributed by atoms with Gasteiger partial charge in [-0.05, 0) is 38.1 Å². The lowest BCUT2D eigenvalue weighted by molar-refractivity contribution is 0.0983. The summed E-state index contributed by atoms with van der Waals surface area (Å²) in [5.41, 5.74) is 1.94. The van der Waals surface area contributed by atoms with Crippen molar-refractivity contribution in [2.45, 2.75) is 13.8 Å². The van der Waals surface area contributed by atoms with E-state index in [2.05, 4.69) is 15.3 Å². The number of carbonyl (C=O) groups is 1. The zero-order valence-corrected chi connectivity index (χ0v) is 15.6. The summed E-state index contributed by atoms with van der Waals surface area (Å²) in [4.78, 5) is 23.5. The Hall–Kier alpha value is -3.41. The summed E-state index contributed by atoms with van der Waals surface area (Å²) in [6, 6.07) is 18.8. The van der Waals surface area contributed by atoms with Crippen molar-refractivity contribution in [2.24, 2.45) is 0 Å². The third kappa shape index (κ3) is 4.23. The minimum Gasteiger partial charge on any atom is -0.495 e. The van der Waals surface area contributed by atoms with E-state index in [1.165, 1.54) is 0 Å². The fourth-order valence-corrected chi connectivity index (χ4v) is 2.82. The van der Waals surface area contributed by atoms with E-state index in [4.69, 9.17) is 4.74 Å². The molecule has 0 unspecified atom stereocenters. The Bertz CT molecular complexity index is 928. The number of nitrogens with zero attached hydrogens (tertiary/aromatic N) is 3. The van der Waals surface area contributed by atoms with Gasteiger partial charge in [0, 0.05) is 18.3 Å². The Morgan fingerprint density at radius 1 is 1.07 bits per heavy atom. The molecular weight excluding hydrogens is 340 g/mol. The molecule has 0 bridgehead atoms. The second kappa shape index (κ2) is 8.31. The van der Waals surface area contributed by atoms with Gasteiger partial charge in [0.25, 0.3) is 5.91 Å². The number of methoxy groups -OCH3 is 1. The molecule has 3 aromatic rings. The molecule has 6 nitrogen and oxygen atoms in total. The molecule has 3 rings (SSSR count). The van der Waals surface area contributed by atoms with Crippen LogP contribution < -0.4 is 15.0 Å². The molecule has 138 valence electrons. The van der Waals surface area contributed by atoms with Crippen LogP contribution in [-0.2, 0) is 0 Å². The van der Waals surface area contributed by atoms with Crippen LogP contribution in [-0.4, -0.2) is 29.5 Å². The molecule has 0 aliphatic heterocycles. The van der Waals surface area contributed by atoms with Gasteiger partial charge in [0.05, 0.1) is 12.8 Å². The molecule has 1 aromatic heterocycles. The van der Waals surface area contributed by atoms with Crippen LogP contribution in [0.1, 0.15) is 23.2 Å². The van der Waals surface area contributed by atoms with E-state index in [9.17, 15) is 4.79 Å². The Labute approximate surface area is 158 Å². The number of benzene rings is 2. The van der Waals surface area contributed by atoms with Gasteiger partial charge in [-0.3, -0.25) is 4.79 Å². The predicted octanol–water partition coefficient (Wildman–Crippen LogP) is 4.20. The van der Waals surface area contributed by atoms with Crippen molar-refractivity contribution in [3.8, 4) is 5.75 Å². The number of ether oxygens (including phenoxy) is 1. The Morgan fingerprint density at radius 3 is 2.48 bits per heavy atom. The second-order valence-electron chi connectivity index (χ2n) is 5.90. The van der Waals surface area contributed by atoms with Crippen molar-refractivity contribution in [3.63, 3.8) is 0 Å². The van der Waals surface area contributed by atoms with Crippen LogP contribution in [0.5, 0.6) is 5.75 Å². The summed E-state index contributed by atoms with van der Waals surface area (Å²) >= 11 is 0. The minimum atomic E-state index is -0.169.